The number of rotatable bonds is 5. The van der Waals surface area contributed by atoms with E-state index in [0.29, 0.717) is 11.3 Å². The van der Waals surface area contributed by atoms with E-state index in [0.717, 1.165) is 18.5 Å². The van der Waals surface area contributed by atoms with Gasteiger partial charge in [0.1, 0.15) is 0 Å². The van der Waals surface area contributed by atoms with Crippen LogP contribution >= 0.6 is 0 Å². The van der Waals surface area contributed by atoms with Gasteiger partial charge in [-0.3, -0.25) is 0 Å². The van der Waals surface area contributed by atoms with Gasteiger partial charge in [-0.05, 0) is 50.1 Å². The maximum absolute atomic E-state index is 5.96. The minimum Gasteiger partial charge on any atom is -0.330 e. The van der Waals surface area contributed by atoms with Gasteiger partial charge in [0, 0.05) is 12.6 Å². The predicted octanol–water partition coefficient (Wildman–Crippen LogP) is 3.51. The smallest absolute Gasteiger partial charge is 0.00948 e. The second-order valence-corrected chi connectivity index (χ2v) is 7.73. The molecule has 1 rings (SSSR count). The SMILES string of the molecule is CC1CCCC(N(C)CC(CN)CC(C)(C)C)C1. The lowest BCUT2D eigenvalue weighted by atomic mass is 9.83. The quantitative estimate of drug-likeness (QED) is 0.813. The predicted molar refractivity (Wildman–Crippen MR) is 80.7 cm³/mol. The number of hydrogen-bond donors (Lipinski definition) is 1. The molecule has 0 spiro atoms. The first kappa shape index (κ1) is 16.0. The van der Waals surface area contributed by atoms with Crippen LogP contribution in [0.15, 0.2) is 0 Å². The normalized spacial score (nSPS) is 27.5. The maximum Gasteiger partial charge on any atom is 0.00948 e. The minimum absolute atomic E-state index is 0.394. The van der Waals surface area contributed by atoms with Crippen LogP contribution in [0.25, 0.3) is 0 Å². The zero-order chi connectivity index (χ0) is 13.8. The van der Waals surface area contributed by atoms with E-state index in [1.165, 1.54) is 38.6 Å². The molecule has 2 nitrogen and oxygen atoms in total. The molecule has 0 saturated heterocycles. The summed E-state index contributed by atoms with van der Waals surface area (Å²) >= 11 is 0. The average Bonchev–Trinajstić information content (AvgIpc) is 2.26. The molecule has 0 bridgehead atoms. The van der Waals surface area contributed by atoms with E-state index < -0.39 is 0 Å². The van der Waals surface area contributed by atoms with Crippen molar-refractivity contribution >= 4 is 0 Å². The van der Waals surface area contributed by atoms with E-state index in [-0.39, 0.29) is 0 Å². The van der Waals surface area contributed by atoms with Gasteiger partial charge in [0.05, 0.1) is 0 Å². The highest BCUT2D eigenvalue weighted by molar-refractivity contribution is 4.80. The molecule has 1 aliphatic carbocycles. The van der Waals surface area contributed by atoms with Crippen molar-refractivity contribution in [2.75, 3.05) is 20.1 Å². The summed E-state index contributed by atoms with van der Waals surface area (Å²) in [5, 5.41) is 0. The summed E-state index contributed by atoms with van der Waals surface area (Å²) in [6.45, 7) is 11.3. The summed E-state index contributed by atoms with van der Waals surface area (Å²) < 4.78 is 0. The van der Waals surface area contributed by atoms with Crippen LogP contribution in [0, 0.1) is 17.3 Å². The van der Waals surface area contributed by atoms with Crippen molar-refractivity contribution in [3.63, 3.8) is 0 Å². The van der Waals surface area contributed by atoms with Gasteiger partial charge in [0.15, 0.2) is 0 Å². The third-order valence-corrected chi connectivity index (χ3v) is 4.31. The molecule has 108 valence electrons. The molecule has 1 saturated carbocycles. The molecule has 0 amide bonds. The summed E-state index contributed by atoms with van der Waals surface area (Å²) in [5.74, 6) is 1.55. The van der Waals surface area contributed by atoms with Crippen molar-refractivity contribution in [1.82, 2.24) is 4.90 Å². The van der Waals surface area contributed by atoms with Gasteiger partial charge in [-0.15, -0.1) is 0 Å². The Kier molecular flexibility index (Phi) is 6.13. The summed E-state index contributed by atoms with van der Waals surface area (Å²) in [4.78, 5) is 2.58. The fraction of sp³-hybridized carbons (Fsp3) is 1.00. The zero-order valence-electron chi connectivity index (χ0n) is 13.2. The van der Waals surface area contributed by atoms with Crippen molar-refractivity contribution in [2.45, 2.75) is 65.8 Å². The lowest BCUT2D eigenvalue weighted by Gasteiger charge is -2.37. The summed E-state index contributed by atoms with van der Waals surface area (Å²) in [6, 6.07) is 0.794. The Hall–Kier alpha value is -0.0800. The molecular formula is C16H34N2. The number of nitrogens with zero attached hydrogens (tertiary/aromatic N) is 1. The molecule has 3 unspecified atom stereocenters. The van der Waals surface area contributed by atoms with Gasteiger partial charge >= 0.3 is 0 Å². The Balaban J connectivity index is 2.43. The molecular weight excluding hydrogens is 220 g/mol. The van der Waals surface area contributed by atoms with Crippen LogP contribution in [-0.2, 0) is 0 Å². The van der Waals surface area contributed by atoms with Crippen LogP contribution < -0.4 is 5.73 Å². The molecule has 0 aromatic carbocycles. The summed E-state index contributed by atoms with van der Waals surface area (Å²) in [5.41, 5.74) is 6.35. The molecule has 2 N–H and O–H groups in total. The third-order valence-electron chi connectivity index (χ3n) is 4.31. The standard InChI is InChI=1S/C16H34N2/c1-13-7-6-8-15(9-13)18(5)12-14(11-17)10-16(2,3)4/h13-15H,6-12,17H2,1-5H3. The lowest BCUT2D eigenvalue weighted by molar-refractivity contribution is 0.131. The van der Waals surface area contributed by atoms with Crippen LogP contribution in [0.3, 0.4) is 0 Å². The molecule has 0 heterocycles. The van der Waals surface area contributed by atoms with Crippen molar-refractivity contribution in [3.8, 4) is 0 Å². The first-order valence-corrected chi connectivity index (χ1v) is 7.72. The molecule has 0 aromatic rings. The van der Waals surface area contributed by atoms with Gasteiger partial charge in [-0.25, -0.2) is 0 Å². The Labute approximate surface area is 114 Å². The van der Waals surface area contributed by atoms with Crippen LogP contribution in [0.4, 0.5) is 0 Å². The van der Waals surface area contributed by atoms with Gasteiger partial charge in [-0.1, -0.05) is 40.5 Å². The lowest BCUT2D eigenvalue weighted by Crippen LogP contribution is -2.40. The monoisotopic (exact) mass is 254 g/mol. The molecule has 1 aliphatic rings. The van der Waals surface area contributed by atoms with Crippen molar-refractivity contribution in [3.05, 3.63) is 0 Å². The van der Waals surface area contributed by atoms with E-state index in [1.54, 1.807) is 0 Å². The zero-order valence-corrected chi connectivity index (χ0v) is 13.2. The van der Waals surface area contributed by atoms with Crippen LogP contribution in [0.2, 0.25) is 0 Å². The van der Waals surface area contributed by atoms with E-state index in [2.05, 4.69) is 39.6 Å². The van der Waals surface area contributed by atoms with Gasteiger partial charge in [-0.2, -0.15) is 0 Å². The molecule has 0 aromatic heterocycles. The Morgan fingerprint density at radius 2 is 1.94 bits per heavy atom. The van der Waals surface area contributed by atoms with E-state index in [9.17, 15) is 0 Å². The molecule has 2 heteroatoms. The van der Waals surface area contributed by atoms with Gasteiger partial charge < -0.3 is 10.6 Å². The van der Waals surface area contributed by atoms with Crippen LogP contribution in [-0.4, -0.2) is 31.1 Å². The largest absolute Gasteiger partial charge is 0.330 e. The Morgan fingerprint density at radius 1 is 1.28 bits per heavy atom. The third kappa shape index (κ3) is 5.71. The number of hydrogen-bond acceptors (Lipinski definition) is 2. The average molecular weight is 254 g/mol. The first-order valence-electron chi connectivity index (χ1n) is 7.72. The van der Waals surface area contributed by atoms with Crippen molar-refractivity contribution in [1.29, 1.82) is 0 Å². The molecule has 18 heavy (non-hydrogen) atoms. The maximum atomic E-state index is 5.96. The summed E-state index contributed by atoms with van der Waals surface area (Å²) in [7, 11) is 2.30. The second kappa shape index (κ2) is 6.91. The van der Waals surface area contributed by atoms with Crippen LogP contribution in [0.5, 0.6) is 0 Å². The molecule has 1 fully saturated rings. The minimum atomic E-state index is 0.394. The molecule has 3 atom stereocenters. The molecule has 0 aliphatic heterocycles. The topological polar surface area (TPSA) is 29.3 Å². The molecule has 0 radical (unpaired) electrons. The van der Waals surface area contributed by atoms with Gasteiger partial charge in [0.25, 0.3) is 0 Å². The fourth-order valence-electron chi connectivity index (χ4n) is 3.45. The van der Waals surface area contributed by atoms with E-state index >= 15 is 0 Å². The second-order valence-electron chi connectivity index (χ2n) is 7.73. The Morgan fingerprint density at radius 3 is 2.44 bits per heavy atom. The van der Waals surface area contributed by atoms with Crippen LogP contribution in [0.1, 0.15) is 59.8 Å². The van der Waals surface area contributed by atoms with E-state index in [1.807, 2.05) is 0 Å². The summed E-state index contributed by atoms with van der Waals surface area (Å²) in [6.07, 6.45) is 6.82. The highest BCUT2D eigenvalue weighted by Gasteiger charge is 2.25. The fourth-order valence-corrected chi connectivity index (χ4v) is 3.45. The number of nitrogens with two attached hydrogens (primary N) is 1. The first-order chi connectivity index (χ1) is 8.31. The highest BCUT2D eigenvalue weighted by Crippen LogP contribution is 2.29. The van der Waals surface area contributed by atoms with Crippen molar-refractivity contribution in [2.24, 2.45) is 23.0 Å². The van der Waals surface area contributed by atoms with Crippen molar-refractivity contribution < 1.29 is 0 Å². The van der Waals surface area contributed by atoms with Gasteiger partial charge in [0.2, 0.25) is 0 Å². The Bertz CT molecular complexity index is 232. The van der Waals surface area contributed by atoms with E-state index in [4.69, 9.17) is 5.73 Å². The highest BCUT2D eigenvalue weighted by atomic mass is 15.1.